The Hall–Kier alpha value is -4.44. The molecule has 0 aliphatic rings. The van der Waals surface area contributed by atoms with Gasteiger partial charge in [0.1, 0.15) is 11.0 Å². The van der Waals surface area contributed by atoms with E-state index in [0.717, 1.165) is 44.5 Å². The van der Waals surface area contributed by atoms with Crippen molar-refractivity contribution in [2.75, 3.05) is 0 Å². The van der Waals surface area contributed by atoms with Crippen LogP contribution in [0, 0.1) is 6.92 Å². The Labute approximate surface area is 190 Å². The van der Waals surface area contributed by atoms with Crippen molar-refractivity contribution >= 4 is 34.4 Å². The predicted octanol–water partition coefficient (Wildman–Crippen LogP) is 7.78. The minimum atomic E-state index is 0.636. The lowest BCUT2D eigenvalue weighted by molar-refractivity contribution is 0.619. The van der Waals surface area contributed by atoms with Crippen LogP contribution in [0.4, 0.5) is 0 Å². The summed E-state index contributed by atoms with van der Waals surface area (Å²) in [6.07, 6.45) is 4.18. The van der Waals surface area contributed by atoms with Crippen molar-refractivity contribution in [1.82, 2.24) is 9.97 Å². The number of nitrogens with zero attached hydrogens (tertiary/aromatic N) is 2. The van der Waals surface area contributed by atoms with Crippen LogP contribution in [0.25, 0.3) is 57.3 Å². The van der Waals surface area contributed by atoms with E-state index in [9.17, 15) is 0 Å². The lowest BCUT2D eigenvalue weighted by Crippen LogP contribution is -1.79. The van der Waals surface area contributed by atoms with Gasteiger partial charge < -0.3 is 8.83 Å². The molecule has 0 amide bonds. The number of aryl methyl sites for hydroxylation is 1. The molecular weight excluding hydrogens is 408 g/mol. The highest BCUT2D eigenvalue weighted by Crippen LogP contribution is 2.26. The molecule has 2 aromatic heterocycles. The van der Waals surface area contributed by atoms with Gasteiger partial charge in [0.25, 0.3) is 0 Å². The van der Waals surface area contributed by atoms with E-state index in [1.54, 1.807) is 0 Å². The van der Waals surface area contributed by atoms with Gasteiger partial charge in [0.15, 0.2) is 11.2 Å². The normalized spacial score (nSPS) is 11.7. The van der Waals surface area contributed by atoms with Gasteiger partial charge in [0.05, 0.1) is 0 Å². The van der Waals surface area contributed by atoms with Gasteiger partial charge in [-0.15, -0.1) is 0 Å². The van der Waals surface area contributed by atoms with Crippen molar-refractivity contribution in [2.24, 2.45) is 0 Å². The van der Waals surface area contributed by atoms with Crippen LogP contribution in [0.15, 0.2) is 99.8 Å². The molecule has 2 heterocycles. The highest BCUT2D eigenvalue weighted by Gasteiger charge is 2.09. The Morgan fingerprint density at radius 3 is 1.73 bits per heavy atom. The molecule has 0 saturated carbocycles. The van der Waals surface area contributed by atoms with Gasteiger partial charge in [-0.1, -0.05) is 54.6 Å². The van der Waals surface area contributed by atoms with Crippen LogP contribution in [-0.2, 0) is 0 Å². The first kappa shape index (κ1) is 19.3. The van der Waals surface area contributed by atoms with Gasteiger partial charge in [-0.05, 0) is 72.1 Å². The molecule has 0 fully saturated rings. The van der Waals surface area contributed by atoms with Gasteiger partial charge in [0.2, 0.25) is 11.8 Å². The Bertz CT molecular complexity index is 1570. The van der Waals surface area contributed by atoms with E-state index in [0.29, 0.717) is 11.8 Å². The zero-order valence-corrected chi connectivity index (χ0v) is 18.0. The lowest BCUT2D eigenvalue weighted by Gasteiger charge is -1.99. The number of para-hydroxylation sites is 2. The van der Waals surface area contributed by atoms with Crippen LogP contribution >= 0.6 is 0 Å². The molecule has 0 aliphatic carbocycles. The second-order valence-corrected chi connectivity index (χ2v) is 8.05. The monoisotopic (exact) mass is 428 g/mol. The van der Waals surface area contributed by atoms with Crippen LogP contribution in [0.5, 0.6) is 0 Å². The van der Waals surface area contributed by atoms with E-state index in [-0.39, 0.29) is 0 Å². The summed E-state index contributed by atoms with van der Waals surface area (Å²) >= 11 is 0. The Balaban J connectivity index is 1.19. The fraction of sp³-hybridized carbons (Fsp3) is 0.0345. The molecule has 0 radical (unpaired) electrons. The Morgan fingerprint density at radius 1 is 0.576 bits per heavy atom. The molecule has 0 atom stereocenters. The van der Waals surface area contributed by atoms with Gasteiger partial charge in [-0.25, -0.2) is 9.97 Å². The van der Waals surface area contributed by atoms with Gasteiger partial charge >= 0.3 is 0 Å². The van der Waals surface area contributed by atoms with Crippen molar-refractivity contribution in [3.8, 4) is 22.9 Å². The molecule has 0 N–H and O–H groups in total. The molecule has 0 spiro atoms. The molecule has 4 aromatic carbocycles. The van der Waals surface area contributed by atoms with Crippen LogP contribution in [0.1, 0.15) is 16.7 Å². The van der Waals surface area contributed by atoms with Gasteiger partial charge in [0, 0.05) is 11.1 Å². The molecular formula is C29H20N2O2. The minimum absolute atomic E-state index is 0.636. The van der Waals surface area contributed by atoms with E-state index >= 15 is 0 Å². The molecule has 6 aromatic rings. The maximum absolute atomic E-state index is 5.90. The number of oxazole rings is 2. The molecule has 6 rings (SSSR count). The highest BCUT2D eigenvalue weighted by atomic mass is 16.4. The summed E-state index contributed by atoms with van der Waals surface area (Å²) in [6, 6.07) is 30.2. The summed E-state index contributed by atoms with van der Waals surface area (Å²) < 4.78 is 11.8. The zero-order chi connectivity index (χ0) is 22.2. The summed E-state index contributed by atoms with van der Waals surface area (Å²) in [7, 11) is 0. The third-order valence-corrected chi connectivity index (χ3v) is 5.62. The third-order valence-electron chi connectivity index (χ3n) is 5.62. The maximum atomic E-state index is 5.90. The van der Waals surface area contributed by atoms with E-state index in [1.807, 2.05) is 66.7 Å². The van der Waals surface area contributed by atoms with Crippen molar-refractivity contribution in [3.05, 3.63) is 108 Å². The fourth-order valence-corrected chi connectivity index (χ4v) is 3.82. The summed E-state index contributed by atoms with van der Waals surface area (Å²) in [5.41, 5.74) is 8.66. The van der Waals surface area contributed by atoms with Crippen molar-refractivity contribution < 1.29 is 8.83 Å². The number of hydrogen-bond donors (Lipinski definition) is 0. The lowest BCUT2D eigenvalue weighted by atomic mass is 10.1. The van der Waals surface area contributed by atoms with Crippen molar-refractivity contribution in [1.29, 1.82) is 0 Å². The molecule has 4 nitrogen and oxygen atoms in total. The van der Waals surface area contributed by atoms with Crippen LogP contribution < -0.4 is 0 Å². The number of hydrogen-bond acceptors (Lipinski definition) is 4. The summed E-state index contributed by atoms with van der Waals surface area (Å²) in [4.78, 5) is 9.18. The van der Waals surface area contributed by atoms with E-state index in [2.05, 4.69) is 53.3 Å². The number of aromatic nitrogens is 2. The van der Waals surface area contributed by atoms with E-state index in [4.69, 9.17) is 8.83 Å². The standard InChI is InChI=1S/C29H20N2O2/c1-19-6-17-27-25(18-19)31-29(33-27)23-15-11-21(12-16-23)8-7-20-9-13-22(14-10-20)28-30-24-4-2-3-5-26(24)32-28/h2-18H,1H3/b8-7+. The number of fused-ring (bicyclic) bond motifs is 2. The summed E-state index contributed by atoms with van der Waals surface area (Å²) in [5.74, 6) is 1.28. The molecule has 4 heteroatoms. The summed E-state index contributed by atoms with van der Waals surface area (Å²) in [5, 5.41) is 0. The average Bonchev–Trinajstić information content (AvgIpc) is 3.47. The third kappa shape index (κ3) is 3.83. The second-order valence-electron chi connectivity index (χ2n) is 8.05. The SMILES string of the molecule is Cc1ccc2oc(-c3ccc(/C=C/c4ccc(-c5nc6ccccc6o5)cc4)cc3)nc2c1. The molecule has 0 unspecified atom stereocenters. The molecule has 158 valence electrons. The molecule has 33 heavy (non-hydrogen) atoms. The summed E-state index contributed by atoms with van der Waals surface area (Å²) in [6.45, 7) is 2.05. The zero-order valence-electron chi connectivity index (χ0n) is 18.0. The first-order chi connectivity index (χ1) is 16.2. The largest absolute Gasteiger partial charge is 0.436 e. The van der Waals surface area contributed by atoms with E-state index in [1.165, 1.54) is 5.56 Å². The van der Waals surface area contributed by atoms with Gasteiger partial charge in [-0.2, -0.15) is 0 Å². The quantitative estimate of drug-likeness (QED) is 0.269. The smallest absolute Gasteiger partial charge is 0.227 e. The first-order valence-corrected chi connectivity index (χ1v) is 10.8. The maximum Gasteiger partial charge on any atom is 0.227 e. The van der Waals surface area contributed by atoms with Crippen molar-refractivity contribution in [2.45, 2.75) is 6.92 Å². The molecule has 0 aliphatic heterocycles. The van der Waals surface area contributed by atoms with Gasteiger partial charge in [-0.3, -0.25) is 0 Å². The molecule has 0 bridgehead atoms. The van der Waals surface area contributed by atoms with Crippen LogP contribution in [0.3, 0.4) is 0 Å². The Morgan fingerprint density at radius 2 is 1.12 bits per heavy atom. The Kier molecular flexibility index (Phi) is 4.62. The first-order valence-electron chi connectivity index (χ1n) is 10.8. The van der Waals surface area contributed by atoms with Crippen molar-refractivity contribution in [3.63, 3.8) is 0 Å². The fourth-order valence-electron chi connectivity index (χ4n) is 3.82. The second kappa shape index (κ2) is 7.92. The molecule has 0 saturated heterocycles. The number of benzene rings is 4. The topological polar surface area (TPSA) is 52.1 Å². The van der Waals surface area contributed by atoms with Crippen LogP contribution in [0.2, 0.25) is 0 Å². The predicted molar refractivity (Wildman–Crippen MR) is 133 cm³/mol. The highest BCUT2D eigenvalue weighted by molar-refractivity contribution is 5.78. The van der Waals surface area contributed by atoms with E-state index < -0.39 is 0 Å². The number of rotatable bonds is 4. The average molecular weight is 428 g/mol. The van der Waals surface area contributed by atoms with Crippen LogP contribution in [-0.4, -0.2) is 9.97 Å². The minimum Gasteiger partial charge on any atom is -0.436 e.